The molecule has 0 N–H and O–H groups in total. The topological polar surface area (TPSA) is 49.4 Å². The van der Waals surface area contributed by atoms with Gasteiger partial charge in [-0.3, -0.25) is 0 Å². The summed E-state index contributed by atoms with van der Waals surface area (Å²) in [4.78, 5) is 10.2. The Kier molecular flexibility index (Phi) is 6.64. The van der Waals surface area contributed by atoms with Crippen LogP contribution in [0.2, 0.25) is 0 Å². The van der Waals surface area contributed by atoms with Gasteiger partial charge in [0.25, 0.3) is 0 Å². The van der Waals surface area contributed by atoms with Crippen molar-refractivity contribution in [1.29, 1.82) is 0 Å². The number of carboxylic acids is 1. The summed E-state index contributed by atoms with van der Waals surface area (Å²) in [5, 5.41) is 10.2. The third kappa shape index (κ3) is 4.10. The van der Waals surface area contributed by atoms with Crippen LogP contribution in [0.5, 0.6) is 5.75 Å². The molecule has 1 rings (SSSR count). The van der Waals surface area contributed by atoms with Crippen LogP contribution in [0.4, 0.5) is 0 Å². The molecule has 1 aromatic rings. The molecular weight excluding hydrogens is 207 g/mol. The normalized spacial score (nSPS) is 9.00. The van der Waals surface area contributed by atoms with Gasteiger partial charge >= 0.3 is 51.4 Å². The molecule has 14 heavy (non-hydrogen) atoms. The number of hydrogen-bond donors (Lipinski definition) is 0. The van der Waals surface area contributed by atoms with Crippen LogP contribution in [0.15, 0.2) is 18.2 Å². The third-order valence-corrected chi connectivity index (χ3v) is 1.74. The molecule has 0 aliphatic heterocycles. The Bertz CT molecular complexity index is 303. The summed E-state index contributed by atoms with van der Waals surface area (Å²) >= 11 is 0. The summed E-state index contributed by atoms with van der Waals surface area (Å²) in [7, 11) is 0. The van der Waals surface area contributed by atoms with Crippen LogP contribution >= 0.6 is 0 Å². The standard InChI is InChI=1S/C10H12O3.K/c1-7-4-3-5-8(2)10(7)13-6-9(11)12;/h3-5H,6H2,1-2H3,(H,11,12);/q;+1/p-1. The Morgan fingerprint density at radius 2 is 1.86 bits per heavy atom. The minimum Gasteiger partial charge on any atom is -0.546 e. The Balaban J connectivity index is 0.00000169. The molecular formula is C10H11KO3. The quantitative estimate of drug-likeness (QED) is 0.524. The van der Waals surface area contributed by atoms with E-state index in [1.165, 1.54) is 0 Å². The van der Waals surface area contributed by atoms with Crippen LogP contribution in [0.1, 0.15) is 11.1 Å². The maximum atomic E-state index is 10.2. The fourth-order valence-electron chi connectivity index (χ4n) is 1.16. The first-order chi connectivity index (χ1) is 6.11. The maximum absolute atomic E-state index is 10.2. The van der Waals surface area contributed by atoms with Crippen molar-refractivity contribution in [3.05, 3.63) is 29.3 Å². The van der Waals surface area contributed by atoms with Crippen molar-refractivity contribution in [2.75, 3.05) is 6.61 Å². The van der Waals surface area contributed by atoms with Gasteiger partial charge in [0.1, 0.15) is 12.4 Å². The molecule has 0 aromatic heterocycles. The number of hydrogen-bond acceptors (Lipinski definition) is 3. The zero-order valence-electron chi connectivity index (χ0n) is 8.66. The molecule has 0 bridgehead atoms. The number of carbonyl (C=O) groups is 1. The zero-order chi connectivity index (χ0) is 9.84. The van der Waals surface area contributed by atoms with Crippen LogP contribution in [-0.2, 0) is 4.79 Å². The van der Waals surface area contributed by atoms with E-state index < -0.39 is 12.6 Å². The molecule has 0 spiro atoms. The summed E-state index contributed by atoms with van der Waals surface area (Å²) in [5.41, 5.74) is 1.86. The van der Waals surface area contributed by atoms with Gasteiger partial charge in [-0.1, -0.05) is 18.2 Å². The van der Waals surface area contributed by atoms with Crippen molar-refractivity contribution in [2.45, 2.75) is 13.8 Å². The van der Waals surface area contributed by atoms with Crippen LogP contribution in [0.25, 0.3) is 0 Å². The van der Waals surface area contributed by atoms with Gasteiger partial charge in [0.05, 0.1) is 5.97 Å². The summed E-state index contributed by atoms with van der Waals surface area (Å²) in [5.74, 6) is -0.575. The van der Waals surface area contributed by atoms with E-state index in [2.05, 4.69) is 0 Å². The largest absolute Gasteiger partial charge is 1.00 e. The van der Waals surface area contributed by atoms with Gasteiger partial charge < -0.3 is 14.6 Å². The molecule has 0 saturated heterocycles. The van der Waals surface area contributed by atoms with Crippen molar-refractivity contribution in [3.63, 3.8) is 0 Å². The third-order valence-electron chi connectivity index (χ3n) is 1.74. The molecule has 1 aromatic carbocycles. The van der Waals surface area contributed by atoms with E-state index in [-0.39, 0.29) is 51.4 Å². The predicted molar refractivity (Wildman–Crippen MR) is 46.4 cm³/mol. The van der Waals surface area contributed by atoms with Crippen molar-refractivity contribution in [2.24, 2.45) is 0 Å². The second-order valence-corrected chi connectivity index (χ2v) is 2.88. The Morgan fingerprint density at radius 1 is 1.36 bits per heavy atom. The van der Waals surface area contributed by atoms with Crippen molar-refractivity contribution in [3.8, 4) is 5.75 Å². The summed E-state index contributed by atoms with van der Waals surface area (Å²) in [6, 6.07) is 5.64. The van der Waals surface area contributed by atoms with Crippen molar-refractivity contribution in [1.82, 2.24) is 0 Å². The molecule has 3 nitrogen and oxygen atoms in total. The van der Waals surface area contributed by atoms with Crippen LogP contribution in [0, 0.1) is 13.8 Å². The van der Waals surface area contributed by atoms with Gasteiger partial charge in [-0.2, -0.15) is 0 Å². The Labute approximate surface area is 126 Å². The fourth-order valence-corrected chi connectivity index (χ4v) is 1.16. The second kappa shape index (κ2) is 6.58. The number of aliphatic carboxylic acids is 1. The Hall–Kier alpha value is 0.126. The average molecular weight is 218 g/mol. The van der Waals surface area contributed by atoms with E-state index in [1.54, 1.807) is 0 Å². The fraction of sp³-hybridized carbons (Fsp3) is 0.300. The number of ether oxygens (including phenoxy) is 1. The molecule has 0 atom stereocenters. The number of benzene rings is 1. The molecule has 0 heterocycles. The maximum Gasteiger partial charge on any atom is 1.00 e. The van der Waals surface area contributed by atoms with E-state index >= 15 is 0 Å². The monoisotopic (exact) mass is 218 g/mol. The molecule has 0 aliphatic rings. The number of rotatable bonds is 3. The molecule has 0 unspecified atom stereocenters. The first kappa shape index (κ1) is 14.1. The summed E-state index contributed by atoms with van der Waals surface area (Å²) in [6.45, 7) is 3.35. The summed E-state index contributed by atoms with van der Waals surface area (Å²) < 4.78 is 5.07. The number of para-hydroxylation sites is 1. The molecule has 0 fully saturated rings. The van der Waals surface area contributed by atoms with E-state index in [4.69, 9.17) is 4.74 Å². The first-order valence-electron chi connectivity index (χ1n) is 4.00. The van der Waals surface area contributed by atoms with Gasteiger partial charge in [0.15, 0.2) is 0 Å². The minimum absolute atomic E-state index is 0. The van der Waals surface area contributed by atoms with Gasteiger partial charge in [-0.05, 0) is 25.0 Å². The molecule has 4 heteroatoms. The smallest absolute Gasteiger partial charge is 0.546 e. The second-order valence-electron chi connectivity index (χ2n) is 2.88. The van der Waals surface area contributed by atoms with E-state index in [0.717, 1.165) is 11.1 Å². The van der Waals surface area contributed by atoms with E-state index in [1.807, 2.05) is 32.0 Å². The zero-order valence-corrected chi connectivity index (χ0v) is 11.8. The summed E-state index contributed by atoms with van der Waals surface area (Å²) in [6.07, 6.45) is 0. The van der Waals surface area contributed by atoms with Gasteiger partial charge in [0.2, 0.25) is 0 Å². The molecule has 0 aliphatic carbocycles. The van der Waals surface area contributed by atoms with Crippen LogP contribution < -0.4 is 61.2 Å². The van der Waals surface area contributed by atoms with Gasteiger partial charge in [-0.15, -0.1) is 0 Å². The first-order valence-corrected chi connectivity index (χ1v) is 4.00. The number of aryl methyl sites for hydroxylation is 2. The Morgan fingerprint density at radius 3 is 2.29 bits per heavy atom. The van der Waals surface area contributed by atoms with Crippen molar-refractivity contribution >= 4 is 5.97 Å². The van der Waals surface area contributed by atoms with Crippen LogP contribution in [-0.4, -0.2) is 12.6 Å². The average Bonchev–Trinajstić information content (AvgIpc) is 2.03. The molecule has 0 saturated carbocycles. The van der Waals surface area contributed by atoms with Gasteiger partial charge in [0, 0.05) is 0 Å². The predicted octanol–water partition coefficient (Wildman–Crippen LogP) is -2.56. The minimum atomic E-state index is -1.21. The molecule has 70 valence electrons. The molecule has 0 radical (unpaired) electrons. The van der Waals surface area contributed by atoms with Crippen LogP contribution in [0.3, 0.4) is 0 Å². The van der Waals surface area contributed by atoms with E-state index in [9.17, 15) is 9.90 Å². The van der Waals surface area contributed by atoms with Gasteiger partial charge in [-0.25, -0.2) is 0 Å². The SMILES string of the molecule is Cc1cccc(C)c1OCC(=O)[O-].[K+]. The van der Waals surface area contributed by atoms with Crippen molar-refractivity contribution < 1.29 is 66.0 Å². The number of carboxylic acid groups (broad SMARTS) is 1. The number of carbonyl (C=O) groups excluding carboxylic acids is 1. The van der Waals surface area contributed by atoms with E-state index in [0.29, 0.717) is 5.75 Å². The molecule has 0 amide bonds.